The van der Waals surface area contributed by atoms with Crippen LogP contribution < -0.4 is 5.32 Å². The predicted molar refractivity (Wildman–Crippen MR) is 89.1 cm³/mol. The van der Waals surface area contributed by atoms with Crippen LogP contribution in [0, 0.1) is 5.82 Å². The van der Waals surface area contributed by atoms with E-state index < -0.39 is 0 Å². The van der Waals surface area contributed by atoms with E-state index in [1.807, 2.05) is 30.3 Å². The molecule has 1 heterocycles. The van der Waals surface area contributed by atoms with E-state index >= 15 is 0 Å². The molecule has 0 radical (unpaired) electrons. The third-order valence-corrected chi connectivity index (χ3v) is 4.70. The van der Waals surface area contributed by atoms with Crippen molar-refractivity contribution >= 4 is 23.2 Å². The van der Waals surface area contributed by atoms with Crippen LogP contribution in [0.25, 0.3) is 0 Å². The summed E-state index contributed by atoms with van der Waals surface area (Å²) in [5.41, 5.74) is 2.13. The molecular weight excluding hydrogens is 322 g/mol. The van der Waals surface area contributed by atoms with Gasteiger partial charge in [0.05, 0.1) is 16.1 Å². The summed E-state index contributed by atoms with van der Waals surface area (Å²) in [5.74, 6) is -0.225. The maximum Gasteiger partial charge on any atom is 0.123 e. The van der Waals surface area contributed by atoms with Crippen molar-refractivity contribution in [1.29, 1.82) is 0 Å². The molecule has 3 rings (SSSR count). The molecular formula is C17H17Cl2FN2. The molecule has 0 saturated carbocycles. The molecule has 0 aliphatic carbocycles. The Labute approximate surface area is 139 Å². The van der Waals surface area contributed by atoms with Gasteiger partial charge in [0, 0.05) is 26.2 Å². The van der Waals surface area contributed by atoms with Crippen molar-refractivity contribution < 1.29 is 4.39 Å². The Kier molecular flexibility index (Phi) is 4.99. The van der Waals surface area contributed by atoms with Gasteiger partial charge in [-0.05, 0) is 35.4 Å². The zero-order valence-electron chi connectivity index (χ0n) is 12.0. The summed E-state index contributed by atoms with van der Waals surface area (Å²) in [6, 6.07) is 12.4. The Morgan fingerprint density at radius 3 is 2.18 bits per heavy atom. The van der Waals surface area contributed by atoms with Gasteiger partial charge in [-0.25, -0.2) is 4.39 Å². The topological polar surface area (TPSA) is 15.3 Å². The van der Waals surface area contributed by atoms with Crippen LogP contribution in [0.3, 0.4) is 0 Å². The highest BCUT2D eigenvalue weighted by molar-refractivity contribution is 6.42. The summed E-state index contributed by atoms with van der Waals surface area (Å²) in [5, 5.41) is 4.44. The van der Waals surface area contributed by atoms with Crippen molar-refractivity contribution in [3.05, 3.63) is 69.5 Å². The SMILES string of the molecule is Fc1ccc(C(c2ccc(Cl)c(Cl)c2)N2CCNCC2)cc1. The molecule has 1 aliphatic heterocycles. The average Bonchev–Trinajstić information content (AvgIpc) is 2.54. The first kappa shape index (κ1) is 15.8. The molecule has 1 N–H and O–H groups in total. The second kappa shape index (κ2) is 6.97. The van der Waals surface area contributed by atoms with Gasteiger partial charge in [0.25, 0.3) is 0 Å². The minimum absolute atomic E-state index is 0.0532. The Morgan fingerprint density at radius 2 is 1.55 bits per heavy atom. The van der Waals surface area contributed by atoms with Crippen molar-refractivity contribution in [2.24, 2.45) is 0 Å². The highest BCUT2D eigenvalue weighted by Crippen LogP contribution is 2.33. The molecule has 116 valence electrons. The molecule has 1 aliphatic rings. The van der Waals surface area contributed by atoms with Crippen LogP contribution in [0.1, 0.15) is 17.2 Å². The molecule has 1 fully saturated rings. The van der Waals surface area contributed by atoms with Crippen LogP contribution in [0.5, 0.6) is 0 Å². The van der Waals surface area contributed by atoms with Crippen LogP contribution in [0.15, 0.2) is 42.5 Å². The van der Waals surface area contributed by atoms with E-state index in [9.17, 15) is 4.39 Å². The number of hydrogen-bond acceptors (Lipinski definition) is 2. The third kappa shape index (κ3) is 3.44. The average molecular weight is 339 g/mol. The summed E-state index contributed by atoms with van der Waals surface area (Å²) in [4.78, 5) is 2.38. The number of rotatable bonds is 3. The lowest BCUT2D eigenvalue weighted by Gasteiger charge is -2.35. The maximum atomic E-state index is 13.2. The fourth-order valence-corrected chi connectivity index (χ4v) is 3.19. The van der Waals surface area contributed by atoms with Crippen LogP contribution in [0.4, 0.5) is 4.39 Å². The fourth-order valence-electron chi connectivity index (χ4n) is 2.88. The third-order valence-electron chi connectivity index (χ3n) is 3.96. The van der Waals surface area contributed by atoms with Gasteiger partial charge in [0.2, 0.25) is 0 Å². The first-order valence-electron chi connectivity index (χ1n) is 7.30. The Hall–Kier alpha value is -1.13. The molecule has 2 aromatic rings. The van der Waals surface area contributed by atoms with Crippen LogP contribution in [-0.2, 0) is 0 Å². The number of nitrogens with one attached hydrogen (secondary N) is 1. The first-order chi connectivity index (χ1) is 10.6. The zero-order valence-corrected chi connectivity index (χ0v) is 13.5. The molecule has 0 amide bonds. The highest BCUT2D eigenvalue weighted by Gasteiger charge is 2.24. The zero-order chi connectivity index (χ0) is 15.5. The molecule has 2 aromatic carbocycles. The molecule has 1 saturated heterocycles. The Bertz CT molecular complexity index is 640. The molecule has 0 bridgehead atoms. The summed E-state index contributed by atoms with van der Waals surface area (Å²) in [6.07, 6.45) is 0. The Balaban J connectivity index is 2.01. The molecule has 0 aromatic heterocycles. The second-order valence-corrected chi connectivity index (χ2v) is 6.23. The van der Waals surface area contributed by atoms with Gasteiger partial charge in [-0.1, -0.05) is 41.4 Å². The van der Waals surface area contributed by atoms with E-state index in [1.165, 1.54) is 12.1 Å². The minimum atomic E-state index is -0.225. The van der Waals surface area contributed by atoms with E-state index in [1.54, 1.807) is 0 Å². The van der Waals surface area contributed by atoms with Gasteiger partial charge >= 0.3 is 0 Å². The maximum absolute atomic E-state index is 13.2. The van der Waals surface area contributed by atoms with E-state index in [4.69, 9.17) is 23.2 Å². The standard InChI is InChI=1S/C17H17Cl2FN2/c18-15-6-3-13(11-16(15)19)17(22-9-7-21-8-10-22)12-1-4-14(20)5-2-12/h1-6,11,17,21H,7-10H2. The van der Waals surface area contributed by atoms with E-state index in [2.05, 4.69) is 10.2 Å². The van der Waals surface area contributed by atoms with E-state index in [0.29, 0.717) is 10.0 Å². The molecule has 0 spiro atoms. The number of hydrogen-bond donors (Lipinski definition) is 1. The van der Waals surface area contributed by atoms with Gasteiger partial charge in [-0.3, -0.25) is 4.90 Å². The summed E-state index contributed by atoms with van der Waals surface area (Å²) < 4.78 is 13.2. The lowest BCUT2D eigenvalue weighted by atomic mass is 9.96. The molecule has 1 unspecified atom stereocenters. The predicted octanol–water partition coefficient (Wildman–Crippen LogP) is 4.13. The lowest BCUT2D eigenvalue weighted by Crippen LogP contribution is -2.45. The van der Waals surface area contributed by atoms with Crippen molar-refractivity contribution in [1.82, 2.24) is 10.2 Å². The van der Waals surface area contributed by atoms with Gasteiger partial charge in [-0.2, -0.15) is 0 Å². The number of benzene rings is 2. The molecule has 5 heteroatoms. The van der Waals surface area contributed by atoms with Gasteiger partial charge in [-0.15, -0.1) is 0 Å². The first-order valence-corrected chi connectivity index (χ1v) is 8.06. The molecule has 22 heavy (non-hydrogen) atoms. The summed E-state index contributed by atoms with van der Waals surface area (Å²) >= 11 is 12.2. The molecule has 1 atom stereocenters. The van der Waals surface area contributed by atoms with Crippen molar-refractivity contribution in [2.75, 3.05) is 26.2 Å². The van der Waals surface area contributed by atoms with E-state index in [0.717, 1.165) is 37.3 Å². The fraction of sp³-hybridized carbons (Fsp3) is 0.294. The van der Waals surface area contributed by atoms with Gasteiger partial charge in [0.1, 0.15) is 5.82 Å². The van der Waals surface area contributed by atoms with Crippen molar-refractivity contribution in [2.45, 2.75) is 6.04 Å². The number of nitrogens with zero attached hydrogens (tertiary/aromatic N) is 1. The van der Waals surface area contributed by atoms with Crippen LogP contribution in [0.2, 0.25) is 10.0 Å². The largest absolute Gasteiger partial charge is 0.314 e. The normalized spacial score (nSPS) is 17.4. The Morgan fingerprint density at radius 1 is 0.909 bits per heavy atom. The summed E-state index contributed by atoms with van der Waals surface area (Å²) in [6.45, 7) is 3.75. The minimum Gasteiger partial charge on any atom is -0.314 e. The number of piperazine rings is 1. The van der Waals surface area contributed by atoms with Crippen molar-refractivity contribution in [3.8, 4) is 0 Å². The van der Waals surface area contributed by atoms with Crippen molar-refractivity contribution in [3.63, 3.8) is 0 Å². The smallest absolute Gasteiger partial charge is 0.123 e. The van der Waals surface area contributed by atoms with Gasteiger partial charge < -0.3 is 5.32 Å². The van der Waals surface area contributed by atoms with E-state index in [-0.39, 0.29) is 11.9 Å². The molecule has 2 nitrogen and oxygen atoms in total. The van der Waals surface area contributed by atoms with Crippen LogP contribution in [-0.4, -0.2) is 31.1 Å². The quantitative estimate of drug-likeness (QED) is 0.905. The monoisotopic (exact) mass is 338 g/mol. The number of halogens is 3. The lowest BCUT2D eigenvalue weighted by molar-refractivity contribution is 0.198. The van der Waals surface area contributed by atoms with Crippen LogP contribution >= 0.6 is 23.2 Å². The highest BCUT2D eigenvalue weighted by atomic mass is 35.5. The summed E-state index contributed by atoms with van der Waals surface area (Å²) in [7, 11) is 0. The van der Waals surface area contributed by atoms with Gasteiger partial charge in [0.15, 0.2) is 0 Å². The second-order valence-electron chi connectivity index (χ2n) is 5.41.